The standard InChI is InChI=1S/C22H21N5O3/c1-15-6-2-3-7-18(15)27-22(24-10-4-5-11-24)16-12-25(13-17(16)23-27)21(30)14-26-19(28)8-9-20(26)29/h2-7,10-11H,8-9,12-14H2,1H3. The van der Waals surface area contributed by atoms with Gasteiger partial charge in [-0.15, -0.1) is 0 Å². The Morgan fingerprint density at radius 2 is 1.70 bits per heavy atom. The monoisotopic (exact) mass is 403 g/mol. The van der Waals surface area contributed by atoms with E-state index in [0.717, 1.165) is 33.2 Å². The maximum atomic E-state index is 12.8. The molecule has 4 heterocycles. The number of hydrogen-bond donors (Lipinski definition) is 0. The summed E-state index contributed by atoms with van der Waals surface area (Å²) in [7, 11) is 0. The van der Waals surface area contributed by atoms with Gasteiger partial charge < -0.3 is 9.47 Å². The molecular formula is C22H21N5O3. The number of nitrogens with zero attached hydrogens (tertiary/aromatic N) is 5. The van der Waals surface area contributed by atoms with Crippen molar-refractivity contribution in [3.8, 4) is 11.5 Å². The lowest BCUT2D eigenvalue weighted by atomic mass is 10.2. The number of carbonyl (C=O) groups excluding carboxylic acids is 3. The third kappa shape index (κ3) is 2.92. The molecule has 0 bridgehead atoms. The van der Waals surface area contributed by atoms with Crippen molar-refractivity contribution in [2.24, 2.45) is 0 Å². The predicted molar refractivity (Wildman–Crippen MR) is 108 cm³/mol. The molecule has 2 aliphatic rings. The van der Waals surface area contributed by atoms with Gasteiger partial charge in [0.05, 0.1) is 24.5 Å². The molecule has 0 saturated carbocycles. The third-order valence-electron chi connectivity index (χ3n) is 5.72. The summed E-state index contributed by atoms with van der Waals surface area (Å²) < 4.78 is 3.93. The van der Waals surface area contributed by atoms with Crippen LogP contribution in [0.3, 0.4) is 0 Å². The van der Waals surface area contributed by atoms with E-state index in [4.69, 9.17) is 5.10 Å². The van der Waals surface area contributed by atoms with Gasteiger partial charge in [-0.25, -0.2) is 4.68 Å². The smallest absolute Gasteiger partial charge is 0.243 e. The Hall–Kier alpha value is -3.68. The number of amides is 3. The molecule has 30 heavy (non-hydrogen) atoms. The number of benzene rings is 1. The zero-order valence-corrected chi connectivity index (χ0v) is 16.6. The molecule has 152 valence electrons. The molecule has 0 N–H and O–H groups in total. The van der Waals surface area contributed by atoms with Gasteiger partial charge in [0.25, 0.3) is 0 Å². The molecule has 0 aliphatic carbocycles. The number of aryl methyl sites for hydroxylation is 1. The van der Waals surface area contributed by atoms with Crippen LogP contribution in [-0.4, -0.2) is 48.4 Å². The van der Waals surface area contributed by atoms with Crippen LogP contribution in [0.4, 0.5) is 0 Å². The maximum Gasteiger partial charge on any atom is 0.243 e. The summed E-state index contributed by atoms with van der Waals surface area (Å²) in [6.07, 6.45) is 4.29. The lowest BCUT2D eigenvalue weighted by Gasteiger charge is -2.20. The second-order valence-corrected chi connectivity index (χ2v) is 7.66. The molecule has 8 nitrogen and oxygen atoms in total. The summed E-state index contributed by atoms with van der Waals surface area (Å²) in [4.78, 5) is 39.3. The molecular weight excluding hydrogens is 382 g/mol. The molecule has 0 unspecified atom stereocenters. The van der Waals surface area contributed by atoms with Gasteiger partial charge in [-0.3, -0.25) is 19.3 Å². The Kier molecular flexibility index (Phi) is 4.27. The van der Waals surface area contributed by atoms with Gasteiger partial charge in [-0.1, -0.05) is 18.2 Å². The molecule has 3 aromatic rings. The average Bonchev–Trinajstić information content (AvgIpc) is 3.49. The second kappa shape index (κ2) is 6.98. The Bertz CT molecular complexity index is 1150. The minimum atomic E-state index is -0.275. The molecule has 8 heteroatoms. The number of carbonyl (C=O) groups is 3. The highest BCUT2D eigenvalue weighted by Gasteiger charge is 2.35. The molecule has 0 spiro atoms. The number of aromatic nitrogens is 3. The number of para-hydroxylation sites is 1. The quantitative estimate of drug-likeness (QED) is 0.624. The summed E-state index contributed by atoms with van der Waals surface area (Å²) in [5, 5.41) is 4.83. The number of imide groups is 1. The van der Waals surface area contributed by atoms with Crippen molar-refractivity contribution in [2.75, 3.05) is 6.54 Å². The summed E-state index contributed by atoms with van der Waals surface area (Å²) in [5.74, 6) is 0.108. The molecule has 2 aliphatic heterocycles. The van der Waals surface area contributed by atoms with Gasteiger partial charge >= 0.3 is 0 Å². The zero-order chi connectivity index (χ0) is 20.8. The normalized spacial score (nSPS) is 15.9. The molecule has 5 rings (SSSR count). The van der Waals surface area contributed by atoms with Crippen LogP contribution in [0.15, 0.2) is 48.8 Å². The van der Waals surface area contributed by atoms with E-state index in [1.54, 1.807) is 4.90 Å². The van der Waals surface area contributed by atoms with E-state index in [2.05, 4.69) is 0 Å². The Morgan fingerprint density at radius 1 is 1.00 bits per heavy atom. The maximum absolute atomic E-state index is 12.8. The highest BCUT2D eigenvalue weighted by Crippen LogP contribution is 2.31. The fourth-order valence-corrected chi connectivity index (χ4v) is 4.12. The first-order valence-corrected chi connectivity index (χ1v) is 9.94. The summed E-state index contributed by atoms with van der Waals surface area (Å²) in [5.41, 5.74) is 3.89. The first kappa shape index (κ1) is 18.4. The number of hydrogen-bond acceptors (Lipinski definition) is 4. The van der Waals surface area contributed by atoms with E-state index < -0.39 is 0 Å². The van der Waals surface area contributed by atoms with Crippen LogP contribution in [0.5, 0.6) is 0 Å². The Labute approximate surface area is 173 Å². The van der Waals surface area contributed by atoms with Crippen LogP contribution < -0.4 is 0 Å². The average molecular weight is 403 g/mol. The Balaban J connectivity index is 1.47. The first-order chi connectivity index (χ1) is 14.5. The van der Waals surface area contributed by atoms with Crippen molar-refractivity contribution in [2.45, 2.75) is 32.9 Å². The van der Waals surface area contributed by atoms with E-state index in [0.29, 0.717) is 13.1 Å². The highest BCUT2D eigenvalue weighted by molar-refractivity contribution is 6.04. The molecule has 2 aromatic heterocycles. The van der Waals surface area contributed by atoms with Crippen LogP contribution >= 0.6 is 0 Å². The first-order valence-electron chi connectivity index (χ1n) is 9.94. The lowest BCUT2D eigenvalue weighted by molar-refractivity contribution is -0.145. The van der Waals surface area contributed by atoms with Crippen molar-refractivity contribution in [3.63, 3.8) is 0 Å². The summed E-state index contributed by atoms with van der Waals surface area (Å²) in [6.45, 7) is 2.60. The molecule has 0 radical (unpaired) electrons. The van der Waals surface area contributed by atoms with Crippen LogP contribution in [0, 0.1) is 6.92 Å². The van der Waals surface area contributed by atoms with Gasteiger partial charge in [0.2, 0.25) is 17.7 Å². The molecule has 0 atom stereocenters. The summed E-state index contributed by atoms with van der Waals surface area (Å²) in [6, 6.07) is 11.9. The van der Waals surface area contributed by atoms with Crippen molar-refractivity contribution in [1.29, 1.82) is 0 Å². The van der Waals surface area contributed by atoms with E-state index >= 15 is 0 Å². The van der Waals surface area contributed by atoms with Gasteiger partial charge in [0.1, 0.15) is 12.4 Å². The summed E-state index contributed by atoms with van der Waals surface area (Å²) >= 11 is 0. The number of fused-ring (bicyclic) bond motifs is 1. The van der Waals surface area contributed by atoms with E-state index in [1.807, 2.05) is 65.0 Å². The topological polar surface area (TPSA) is 80.4 Å². The predicted octanol–water partition coefficient (Wildman–Crippen LogP) is 1.96. The third-order valence-corrected chi connectivity index (χ3v) is 5.72. The number of rotatable bonds is 4. The van der Waals surface area contributed by atoms with Gasteiger partial charge in [-0.2, -0.15) is 5.10 Å². The zero-order valence-electron chi connectivity index (χ0n) is 16.6. The van der Waals surface area contributed by atoms with Crippen molar-refractivity contribution >= 4 is 17.7 Å². The van der Waals surface area contributed by atoms with E-state index in [-0.39, 0.29) is 37.1 Å². The highest BCUT2D eigenvalue weighted by atomic mass is 16.2. The minimum absolute atomic E-state index is 0.188. The molecule has 3 amide bonds. The van der Waals surface area contributed by atoms with Crippen LogP contribution in [0.2, 0.25) is 0 Å². The van der Waals surface area contributed by atoms with Crippen LogP contribution in [0.25, 0.3) is 11.5 Å². The lowest BCUT2D eigenvalue weighted by Crippen LogP contribution is -2.40. The van der Waals surface area contributed by atoms with Crippen molar-refractivity contribution < 1.29 is 14.4 Å². The Morgan fingerprint density at radius 3 is 2.40 bits per heavy atom. The fourth-order valence-electron chi connectivity index (χ4n) is 4.12. The van der Waals surface area contributed by atoms with Crippen LogP contribution in [0.1, 0.15) is 29.7 Å². The molecule has 1 aromatic carbocycles. The van der Waals surface area contributed by atoms with Gasteiger partial charge in [0.15, 0.2) is 0 Å². The molecule has 1 saturated heterocycles. The minimum Gasteiger partial charge on any atom is -0.331 e. The molecule has 1 fully saturated rings. The van der Waals surface area contributed by atoms with Crippen molar-refractivity contribution in [1.82, 2.24) is 24.1 Å². The SMILES string of the molecule is Cc1ccccc1-n1nc2c(c1-n1cccc1)CN(C(=O)CN1C(=O)CCC1=O)C2. The fraction of sp³-hybridized carbons (Fsp3) is 0.273. The number of likely N-dealkylation sites (tertiary alicyclic amines) is 1. The van der Waals surface area contributed by atoms with Crippen molar-refractivity contribution in [3.05, 3.63) is 65.6 Å². The van der Waals surface area contributed by atoms with Crippen LogP contribution in [-0.2, 0) is 27.5 Å². The van der Waals surface area contributed by atoms with Gasteiger partial charge in [0, 0.05) is 30.8 Å². The van der Waals surface area contributed by atoms with E-state index in [9.17, 15) is 14.4 Å². The largest absolute Gasteiger partial charge is 0.331 e. The van der Waals surface area contributed by atoms with Gasteiger partial charge in [-0.05, 0) is 30.7 Å². The second-order valence-electron chi connectivity index (χ2n) is 7.66. The van der Waals surface area contributed by atoms with E-state index in [1.165, 1.54) is 0 Å².